The molecule has 0 heterocycles. The Morgan fingerprint density at radius 1 is 0.805 bits per heavy atom. The van der Waals surface area contributed by atoms with Crippen LogP contribution in [0.25, 0.3) is 0 Å². The number of carbonyl (C=O) groups excluding carboxylic acids is 1. The third kappa shape index (κ3) is 5.99. The monoisotopic (exact) mass is 637 g/mol. The minimum Gasteiger partial charge on any atom is -0.307 e. The zero-order chi connectivity index (χ0) is 29.9. The fourth-order valence-corrected chi connectivity index (χ4v) is 10.1. The van der Waals surface area contributed by atoms with Crippen LogP contribution in [-0.4, -0.2) is 35.8 Å². The van der Waals surface area contributed by atoms with Crippen molar-refractivity contribution in [3.63, 3.8) is 0 Å². The number of nitrogens with one attached hydrogen (secondary N) is 1. The van der Waals surface area contributed by atoms with Crippen LogP contribution >= 0.6 is 19.2 Å². The highest BCUT2D eigenvalue weighted by molar-refractivity contribution is 7.96. The van der Waals surface area contributed by atoms with Crippen molar-refractivity contribution in [2.45, 2.75) is 41.8 Å². The minimum atomic E-state index is -4.65. The van der Waals surface area contributed by atoms with Crippen molar-refractivity contribution in [3.8, 4) is 0 Å². The number of fused-ring (bicyclic) bond motifs is 1. The van der Waals surface area contributed by atoms with Crippen LogP contribution < -0.4 is 4.72 Å². The number of benzene rings is 3. The van der Waals surface area contributed by atoms with Gasteiger partial charge in [0.2, 0.25) is 25.6 Å². The summed E-state index contributed by atoms with van der Waals surface area (Å²) in [4.78, 5) is 12.5. The Labute approximate surface area is 245 Å². The summed E-state index contributed by atoms with van der Waals surface area (Å²) in [6.07, 6.45) is 1.65. The largest absolute Gasteiger partial charge is 0.360 e. The molecule has 0 aliphatic heterocycles. The SMILES string of the molecule is CCCOP(=O)(OCCC)C1(NS(=O)(=O)c2ccc(Cl)cc2)C=C(S(=O)(=O)c2ccccc2)C(=O)c2ccccc21. The van der Waals surface area contributed by atoms with Gasteiger partial charge in [-0.05, 0) is 55.3 Å². The molecule has 1 aliphatic carbocycles. The van der Waals surface area contributed by atoms with Crippen molar-refractivity contribution in [3.05, 3.63) is 106 Å². The zero-order valence-corrected chi connectivity index (χ0v) is 25.6. The Hall–Kier alpha value is -2.63. The van der Waals surface area contributed by atoms with Gasteiger partial charge < -0.3 is 9.05 Å². The lowest BCUT2D eigenvalue weighted by Gasteiger charge is -2.40. The minimum absolute atomic E-state index is 0.0647. The van der Waals surface area contributed by atoms with Gasteiger partial charge in [0.05, 0.1) is 23.0 Å². The predicted molar refractivity (Wildman–Crippen MR) is 156 cm³/mol. The maximum Gasteiger partial charge on any atom is 0.360 e. The van der Waals surface area contributed by atoms with E-state index in [1.807, 2.05) is 0 Å². The van der Waals surface area contributed by atoms with Gasteiger partial charge in [-0.3, -0.25) is 9.36 Å². The van der Waals surface area contributed by atoms with Crippen LogP contribution in [0.15, 0.2) is 99.6 Å². The summed E-state index contributed by atoms with van der Waals surface area (Å²) in [5.41, 5.74) is -0.228. The highest BCUT2D eigenvalue weighted by Gasteiger charge is 2.58. The zero-order valence-electron chi connectivity index (χ0n) is 22.3. The molecule has 13 heteroatoms. The van der Waals surface area contributed by atoms with Gasteiger partial charge in [-0.15, -0.1) is 0 Å². The fraction of sp³-hybridized carbons (Fsp3) is 0.250. The lowest BCUT2D eigenvalue weighted by molar-refractivity contribution is 0.103. The van der Waals surface area contributed by atoms with E-state index < -0.39 is 43.4 Å². The van der Waals surface area contributed by atoms with Crippen LogP contribution in [0.1, 0.15) is 42.6 Å². The number of hydrogen-bond donors (Lipinski definition) is 1. The van der Waals surface area contributed by atoms with Crippen molar-refractivity contribution in [1.29, 1.82) is 0 Å². The van der Waals surface area contributed by atoms with Gasteiger partial charge in [-0.1, -0.05) is 67.9 Å². The van der Waals surface area contributed by atoms with Crippen LogP contribution in [0.5, 0.6) is 0 Å². The number of allylic oxidation sites excluding steroid dienone is 1. The molecule has 218 valence electrons. The fourth-order valence-electron chi connectivity index (χ4n) is 4.31. The molecule has 3 aromatic rings. The Kier molecular flexibility index (Phi) is 9.40. The van der Waals surface area contributed by atoms with Crippen molar-refractivity contribution >= 4 is 44.8 Å². The molecule has 1 aliphatic rings. The van der Waals surface area contributed by atoms with Gasteiger partial charge in [0.15, 0.2) is 5.28 Å². The normalized spacial score (nSPS) is 17.6. The van der Waals surface area contributed by atoms with Gasteiger partial charge in [-0.2, -0.15) is 4.72 Å². The molecule has 0 spiro atoms. The summed E-state index contributed by atoms with van der Waals surface area (Å²) in [6, 6.07) is 18.2. The summed E-state index contributed by atoms with van der Waals surface area (Å²) in [6.45, 7) is 3.31. The Balaban J connectivity index is 2.10. The Morgan fingerprint density at radius 3 is 1.95 bits per heavy atom. The summed E-state index contributed by atoms with van der Waals surface area (Å²) in [5.74, 6) is -0.886. The first-order valence-electron chi connectivity index (χ1n) is 12.8. The molecule has 0 saturated heterocycles. The molecule has 1 unspecified atom stereocenters. The number of rotatable bonds is 12. The summed E-state index contributed by atoms with van der Waals surface area (Å²) < 4.78 is 84.5. The first kappa shape index (κ1) is 31.3. The lowest BCUT2D eigenvalue weighted by Crippen LogP contribution is -2.48. The van der Waals surface area contributed by atoms with E-state index in [-0.39, 0.29) is 39.2 Å². The number of carbonyl (C=O) groups is 1. The Morgan fingerprint density at radius 2 is 1.37 bits per heavy atom. The summed E-state index contributed by atoms with van der Waals surface area (Å²) in [5, 5.41) is -2.15. The first-order chi connectivity index (χ1) is 19.4. The number of hydrogen-bond acceptors (Lipinski definition) is 8. The number of sulfone groups is 1. The summed E-state index contributed by atoms with van der Waals surface area (Å²) in [7, 11) is -13.7. The molecule has 3 aromatic carbocycles. The highest BCUT2D eigenvalue weighted by Crippen LogP contribution is 2.67. The van der Waals surface area contributed by atoms with Crippen molar-refractivity contribution in [2.75, 3.05) is 13.2 Å². The number of ketones is 1. The molecule has 0 saturated carbocycles. The smallest absolute Gasteiger partial charge is 0.307 e. The molecular weight excluding hydrogens is 609 g/mol. The molecule has 1 N–H and O–H groups in total. The first-order valence-corrected chi connectivity index (χ1v) is 17.7. The molecule has 0 fully saturated rings. The molecule has 0 bridgehead atoms. The summed E-state index contributed by atoms with van der Waals surface area (Å²) >= 11 is 5.97. The van der Waals surface area contributed by atoms with Crippen LogP contribution in [0.3, 0.4) is 0 Å². The molecule has 41 heavy (non-hydrogen) atoms. The van der Waals surface area contributed by atoms with E-state index in [1.54, 1.807) is 19.9 Å². The van der Waals surface area contributed by atoms with Gasteiger partial charge in [0, 0.05) is 16.1 Å². The maximum atomic E-state index is 14.9. The van der Waals surface area contributed by atoms with Crippen molar-refractivity contribution < 1.29 is 35.2 Å². The van der Waals surface area contributed by atoms with Crippen molar-refractivity contribution in [1.82, 2.24) is 4.72 Å². The molecule has 0 radical (unpaired) electrons. The lowest BCUT2D eigenvalue weighted by atomic mass is 9.92. The third-order valence-electron chi connectivity index (χ3n) is 6.27. The van der Waals surface area contributed by atoms with E-state index >= 15 is 0 Å². The molecule has 9 nitrogen and oxygen atoms in total. The average molecular weight is 638 g/mol. The van der Waals surface area contributed by atoms with Crippen LogP contribution in [0, 0.1) is 0 Å². The van der Waals surface area contributed by atoms with Gasteiger partial charge in [-0.25, -0.2) is 16.8 Å². The van der Waals surface area contributed by atoms with E-state index in [0.717, 1.165) is 6.08 Å². The van der Waals surface area contributed by atoms with Crippen LogP contribution in [-0.2, 0) is 38.8 Å². The molecule has 0 aromatic heterocycles. The average Bonchev–Trinajstić information content (AvgIpc) is 2.97. The topological polar surface area (TPSA) is 133 Å². The third-order valence-corrected chi connectivity index (χ3v) is 12.3. The second-order valence-electron chi connectivity index (χ2n) is 9.19. The highest BCUT2D eigenvalue weighted by atomic mass is 35.5. The van der Waals surface area contributed by atoms with E-state index in [1.165, 1.54) is 72.8 Å². The van der Waals surface area contributed by atoms with Crippen LogP contribution in [0.2, 0.25) is 5.02 Å². The standard InChI is InChI=1S/C28H29ClNO8PS2/c1-3-18-37-39(32,38-19-4-2)28(30-41(35,36)23-16-14-21(29)15-17-23)20-26(27(31)24-12-8-9-13-25(24)28)40(33,34)22-10-6-5-7-11-22/h5-17,20,30H,3-4,18-19H2,1-2H3. The predicted octanol–water partition coefficient (Wildman–Crippen LogP) is 6.07. The van der Waals surface area contributed by atoms with Gasteiger partial charge in [0.25, 0.3) is 0 Å². The van der Waals surface area contributed by atoms with Crippen molar-refractivity contribution in [2.24, 2.45) is 0 Å². The number of sulfonamides is 1. The van der Waals surface area contributed by atoms with E-state index in [4.69, 9.17) is 20.6 Å². The molecule has 0 amide bonds. The number of halogens is 1. The number of Topliss-reactive ketones (excluding diaryl/α,β-unsaturated/α-hetero) is 1. The van der Waals surface area contributed by atoms with Gasteiger partial charge in [0.1, 0.15) is 4.91 Å². The Bertz CT molecular complexity index is 1710. The van der Waals surface area contributed by atoms with E-state index in [0.29, 0.717) is 12.8 Å². The van der Waals surface area contributed by atoms with Gasteiger partial charge >= 0.3 is 7.60 Å². The second-order valence-corrected chi connectivity index (χ2v) is 15.4. The molecule has 4 rings (SSSR count). The maximum absolute atomic E-state index is 14.9. The second kappa shape index (κ2) is 12.3. The molecule has 1 atom stereocenters. The van der Waals surface area contributed by atoms with Crippen LogP contribution in [0.4, 0.5) is 0 Å². The molecular formula is C28H29ClNO8PS2. The van der Waals surface area contributed by atoms with E-state index in [2.05, 4.69) is 4.72 Å². The van der Waals surface area contributed by atoms with E-state index in [9.17, 15) is 26.2 Å². The quantitative estimate of drug-likeness (QED) is 0.237.